The molecule has 0 aliphatic heterocycles. The van der Waals surface area contributed by atoms with E-state index in [1.54, 1.807) is 0 Å². The van der Waals surface area contributed by atoms with Crippen molar-refractivity contribution in [3.8, 4) is 0 Å². The van der Waals surface area contributed by atoms with E-state index in [2.05, 4.69) is 19.9 Å². The average Bonchev–Trinajstić information content (AvgIpc) is 3.36. The van der Waals surface area contributed by atoms with Crippen LogP contribution in [0.5, 0.6) is 0 Å². The fraction of sp³-hybridized carbons (Fsp3) is 0.286. The Bertz CT molecular complexity index is 733. The molecule has 12 heteroatoms. The largest absolute Gasteiger partial charge is 0.387 e. The summed E-state index contributed by atoms with van der Waals surface area (Å²) < 4.78 is 0. The second kappa shape index (κ2) is 7.88. The summed E-state index contributed by atoms with van der Waals surface area (Å²) in [5.41, 5.74) is 0. The standard InChI is InChI=1S/C14H14N4O8/c19-5(7(21)9(23)11(25)13-15-1-2-16-13)6(20)8(22)10(24)12(26)14-17-3-4-18-14/h1-8,19-22H,(H,15,16)(H,17,18). The molecule has 0 aliphatic carbocycles. The molecule has 4 unspecified atom stereocenters. The Kier molecular flexibility index (Phi) is 5.84. The molecule has 0 amide bonds. The molecule has 0 spiro atoms. The van der Waals surface area contributed by atoms with Gasteiger partial charge in [0.05, 0.1) is 0 Å². The molecule has 2 heterocycles. The molecule has 0 aromatic carbocycles. The number of hydrogen-bond acceptors (Lipinski definition) is 10. The predicted octanol–water partition coefficient (Wildman–Crippen LogP) is -3.22. The summed E-state index contributed by atoms with van der Waals surface area (Å²) in [7, 11) is 0. The van der Waals surface area contributed by atoms with Crippen LogP contribution in [0.1, 0.15) is 21.2 Å². The van der Waals surface area contributed by atoms with Crippen LogP contribution in [0.4, 0.5) is 0 Å². The van der Waals surface area contributed by atoms with Gasteiger partial charge in [0.15, 0.2) is 11.6 Å². The predicted molar refractivity (Wildman–Crippen MR) is 79.9 cm³/mol. The molecule has 138 valence electrons. The third kappa shape index (κ3) is 3.78. The first-order valence-electron chi connectivity index (χ1n) is 7.13. The minimum atomic E-state index is -2.47. The number of H-pyrrole nitrogens is 2. The number of carbonyl (C=O) groups is 4. The number of nitrogens with one attached hydrogen (secondary N) is 2. The third-order valence-corrected chi connectivity index (χ3v) is 3.41. The number of imidazole rings is 2. The lowest BCUT2D eigenvalue weighted by molar-refractivity contribution is -0.148. The van der Waals surface area contributed by atoms with Gasteiger partial charge in [-0.2, -0.15) is 0 Å². The fourth-order valence-corrected chi connectivity index (χ4v) is 1.96. The van der Waals surface area contributed by atoms with Gasteiger partial charge in [-0.1, -0.05) is 0 Å². The van der Waals surface area contributed by atoms with Crippen LogP contribution >= 0.6 is 0 Å². The Balaban J connectivity index is 2.06. The van der Waals surface area contributed by atoms with E-state index in [-0.39, 0.29) is 0 Å². The van der Waals surface area contributed by atoms with Gasteiger partial charge in [-0.05, 0) is 0 Å². The summed E-state index contributed by atoms with van der Waals surface area (Å²) in [6, 6.07) is 0. The number of carbonyl (C=O) groups excluding carboxylic acids is 4. The van der Waals surface area contributed by atoms with Crippen LogP contribution < -0.4 is 0 Å². The molecule has 0 bridgehead atoms. The first kappa shape index (κ1) is 19.3. The molecular weight excluding hydrogens is 352 g/mol. The molecular formula is C14H14N4O8. The SMILES string of the molecule is O=C(C(=O)C(O)C(O)C(O)C(O)C(=O)C(=O)c1ncc[nH]1)c1ncc[nH]1. The van der Waals surface area contributed by atoms with Gasteiger partial charge in [0.25, 0.3) is 11.6 Å². The van der Waals surface area contributed by atoms with Crippen molar-refractivity contribution in [2.75, 3.05) is 0 Å². The lowest BCUT2D eigenvalue weighted by Gasteiger charge is -2.24. The normalized spacial score (nSPS) is 15.7. The Hall–Kier alpha value is -3.06. The number of Topliss-reactive ketones (excluding diaryl/α,β-unsaturated/α-hetero) is 4. The quantitative estimate of drug-likeness (QED) is 0.193. The monoisotopic (exact) mass is 366 g/mol. The molecule has 4 atom stereocenters. The molecule has 0 radical (unpaired) electrons. The van der Waals surface area contributed by atoms with Crippen LogP contribution in [0.15, 0.2) is 24.8 Å². The highest BCUT2D eigenvalue weighted by Crippen LogP contribution is 2.10. The van der Waals surface area contributed by atoms with Gasteiger partial charge >= 0.3 is 0 Å². The highest BCUT2D eigenvalue weighted by molar-refractivity contribution is 6.45. The summed E-state index contributed by atoms with van der Waals surface area (Å²) in [5.74, 6) is -6.49. The van der Waals surface area contributed by atoms with E-state index in [0.29, 0.717) is 0 Å². The Morgan fingerprint density at radius 1 is 0.731 bits per heavy atom. The van der Waals surface area contributed by atoms with Crippen molar-refractivity contribution >= 4 is 23.1 Å². The Labute approximate surface area is 144 Å². The highest BCUT2D eigenvalue weighted by atomic mass is 16.4. The topological polar surface area (TPSA) is 207 Å². The fourth-order valence-electron chi connectivity index (χ4n) is 1.96. The molecule has 2 aromatic heterocycles. The first-order chi connectivity index (χ1) is 12.3. The van der Waals surface area contributed by atoms with Gasteiger partial charge in [0, 0.05) is 24.8 Å². The Morgan fingerprint density at radius 2 is 1.08 bits per heavy atom. The van der Waals surface area contributed by atoms with Gasteiger partial charge in [-0.15, -0.1) is 0 Å². The van der Waals surface area contributed by atoms with E-state index in [1.807, 2.05) is 0 Å². The maximum Gasteiger partial charge on any atom is 0.266 e. The number of nitrogens with zero attached hydrogens (tertiary/aromatic N) is 2. The van der Waals surface area contributed by atoms with Gasteiger partial charge in [0.1, 0.15) is 24.4 Å². The average molecular weight is 366 g/mol. The maximum atomic E-state index is 11.8. The molecule has 26 heavy (non-hydrogen) atoms. The Morgan fingerprint density at radius 3 is 1.35 bits per heavy atom. The summed E-state index contributed by atoms with van der Waals surface area (Å²) in [6.07, 6.45) is -4.98. The second-order valence-corrected chi connectivity index (χ2v) is 5.13. The van der Waals surface area contributed by atoms with Crippen LogP contribution in [-0.4, -0.2) is 87.9 Å². The van der Waals surface area contributed by atoms with Gasteiger partial charge in [-0.25, -0.2) is 9.97 Å². The molecule has 2 rings (SSSR count). The molecule has 12 nitrogen and oxygen atoms in total. The molecule has 0 saturated heterocycles. The minimum Gasteiger partial charge on any atom is -0.387 e. The highest BCUT2D eigenvalue weighted by Gasteiger charge is 2.41. The van der Waals surface area contributed by atoms with E-state index in [4.69, 9.17) is 0 Å². The van der Waals surface area contributed by atoms with Crippen molar-refractivity contribution in [1.29, 1.82) is 0 Å². The summed E-state index contributed by atoms with van der Waals surface area (Å²) in [5, 5.41) is 39.0. The van der Waals surface area contributed by atoms with Crippen LogP contribution in [0.25, 0.3) is 0 Å². The zero-order valence-corrected chi connectivity index (χ0v) is 12.9. The van der Waals surface area contributed by atoms with Crippen LogP contribution in [0.2, 0.25) is 0 Å². The lowest BCUT2D eigenvalue weighted by atomic mass is 9.95. The van der Waals surface area contributed by atoms with Crippen molar-refractivity contribution in [2.24, 2.45) is 0 Å². The molecule has 6 N–H and O–H groups in total. The zero-order chi connectivity index (χ0) is 19.4. The van der Waals surface area contributed by atoms with Crippen molar-refractivity contribution in [2.45, 2.75) is 24.4 Å². The van der Waals surface area contributed by atoms with Crippen molar-refractivity contribution in [3.05, 3.63) is 36.4 Å². The molecule has 2 aromatic rings. The van der Waals surface area contributed by atoms with Crippen LogP contribution in [0.3, 0.4) is 0 Å². The van der Waals surface area contributed by atoms with Crippen molar-refractivity contribution in [3.63, 3.8) is 0 Å². The number of aliphatic hydroxyl groups is 4. The number of rotatable bonds is 9. The van der Waals surface area contributed by atoms with Gasteiger partial charge < -0.3 is 30.4 Å². The number of hydrogen-bond donors (Lipinski definition) is 6. The first-order valence-corrected chi connectivity index (χ1v) is 7.13. The second-order valence-electron chi connectivity index (χ2n) is 5.13. The maximum absolute atomic E-state index is 11.8. The summed E-state index contributed by atoms with van der Waals surface area (Å²) in [4.78, 5) is 58.8. The molecule has 0 aliphatic rings. The number of aliphatic hydroxyl groups excluding tert-OH is 4. The molecule has 0 saturated carbocycles. The smallest absolute Gasteiger partial charge is 0.266 e. The number of ketones is 4. The third-order valence-electron chi connectivity index (χ3n) is 3.41. The van der Waals surface area contributed by atoms with Gasteiger partial charge in [-0.3, -0.25) is 19.2 Å². The zero-order valence-electron chi connectivity index (χ0n) is 12.9. The number of aromatic amines is 2. The summed E-state index contributed by atoms with van der Waals surface area (Å²) >= 11 is 0. The minimum absolute atomic E-state index is 0.416. The van der Waals surface area contributed by atoms with Crippen molar-refractivity contribution in [1.82, 2.24) is 19.9 Å². The number of aromatic nitrogens is 4. The van der Waals surface area contributed by atoms with E-state index in [0.717, 1.165) is 0 Å². The van der Waals surface area contributed by atoms with Gasteiger partial charge in [0.2, 0.25) is 11.6 Å². The van der Waals surface area contributed by atoms with E-state index >= 15 is 0 Å². The van der Waals surface area contributed by atoms with E-state index in [9.17, 15) is 39.6 Å². The summed E-state index contributed by atoms with van der Waals surface area (Å²) in [6.45, 7) is 0. The van der Waals surface area contributed by atoms with E-state index < -0.39 is 59.2 Å². The van der Waals surface area contributed by atoms with Crippen molar-refractivity contribution < 1.29 is 39.6 Å². The lowest BCUT2D eigenvalue weighted by Crippen LogP contribution is -2.52. The van der Waals surface area contributed by atoms with Crippen LogP contribution in [-0.2, 0) is 9.59 Å². The molecule has 0 fully saturated rings. The van der Waals surface area contributed by atoms with E-state index in [1.165, 1.54) is 24.8 Å². The van der Waals surface area contributed by atoms with Crippen LogP contribution in [0, 0.1) is 0 Å².